The average Bonchev–Trinajstić information content (AvgIpc) is 3.57. The molecule has 0 amide bonds. The number of hydrogen-bond acceptors (Lipinski definition) is 0. The van der Waals surface area contributed by atoms with Crippen LogP contribution in [-0.4, -0.2) is 0 Å². The van der Waals surface area contributed by atoms with Crippen LogP contribution in [0.1, 0.15) is 44.1 Å². The van der Waals surface area contributed by atoms with E-state index in [1.807, 2.05) is 0 Å². The van der Waals surface area contributed by atoms with Gasteiger partial charge in [0.2, 0.25) is 0 Å². The van der Waals surface area contributed by atoms with E-state index in [2.05, 4.69) is 170 Å². The molecule has 260 valence electrons. The summed E-state index contributed by atoms with van der Waals surface area (Å²) < 4.78 is 0. The molecule has 0 nitrogen and oxygen atoms in total. The fourth-order valence-electron chi connectivity index (χ4n) is 10.7. The molecule has 4 unspecified atom stereocenters. The summed E-state index contributed by atoms with van der Waals surface area (Å²) in [4.78, 5) is 0. The molecule has 4 atom stereocenters. The van der Waals surface area contributed by atoms with Gasteiger partial charge in [-0.2, -0.15) is 0 Å². The Morgan fingerprint density at radius 2 is 1.00 bits per heavy atom. The number of rotatable bonds is 5. The Bertz CT molecular complexity index is 2770. The maximum atomic E-state index is 2.49. The monoisotopic (exact) mass is 692 g/mol. The fraction of sp³-hybridized carbons (Fsp3) is 0.185. The molecule has 0 N–H and O–H groups in total. The van der Waals surface area contributed by atoms with Crippen LogP contribution >= 0.6 is 0 Å². The van der Waals surface area contributed by atoms with Gasteiger partial charge in [0.25, 0.3) is 0 Å². The molecule has 0 bridgehead atoms. The number of benzene rings is 3. The lowest BCUT2D eigenvalue weighted by atomic mass is 9.67. The summed E-state index contributed by atoms with van der Waals surface area (Å²) in [6.45, 7) is 0. The lowest BCUT2D eigenvalue weighted by Gasteiger charge is -2.36. The summed E-state index contributed by atoms with van der Waals surface area (Å²) in [6.07, 6.45) is 46.4. The second kappa shape index (κ2) is 13.0. The van der Waals surface area contributed by atoms with Gasteiger partial charge in [-0.05, 0) is 126 Å². The SMILES string of the molecule is C1=CC2C=CC=C(C3=CC=C(C=CC4=CC=C(C5=c6ccccc6=C(C6=c7cccc8c7=C(CC6)c6ccccc6-8)C6C=CC=CC56)CC4)CC3)C2C=C1. The van der Waals surface area contributed by atoms with Gasteiger partial charge >= 0.3 is 0 Å². The first kappa shape index (κ1) is 31.8. The van der Waals surface area contributed by atoms with Gasteiger partial charge in [0.15, 0.2) is 0 Å². The van der Waals surface area contributed by atoms with Crippen molar-refractivity contribution in [1.29, 1.82) is 0 Å². The summed E-state index contributed by atoms with van der Waals surface area (Å²) in [7, 11) is 0. The number of hydrogen-bond donors (Lipinski definition) is 0. The van der Waals surface area contributed by atoms with Crippen molar-refractivity contribution < 1.29 is 0 Å². The van der Waals surface area contributed by atoms with Crippen LogP contribution in [0.4, 0.5) is 0 Å². The first-order chi connectivity index (χ1) is 26.8. The lowest BCUT2D eigenvalue weighted by molar-refractivity contribution is 0.622. The van der Waals surface area contributed by atoms with Gasteiger partial charge in [-0.25, -0.2) is 0 Å². The summed E-state index contributed by atoms with van der Waals surface area (Å²) in [5, 5.41) is 5.79. The Kier molecular flexibility index (Phi) is 7.65. The molecule has 0 saturated carbocycles. The van der Waals surface area contributed by atoms with Crippen LogP contribution < -0.4 is 20.9 Å². The van der Waals surface area contributed by atoms with E-state index >= 15 is 0 Å². The van der Waals surface area contributed by atoms with Gasteiger partial charge < -0.3 is 0 Å². The van der Waals surface area contributed by atoms with E-state index in [4.69, 9.17) is 0 Å². The van der Waals surface area contributed by atoms with Crippen LogP contribution in [0.3, 0.4) is 0 Å². The molecule has 3 aromatic rings. The van der Waals surface area contributed by atoms with Gasteiger partial charge in [-0.1, -0.05) is 170 Å². The van der Waals surface area contributed by atoms with Crippen molar-refractivity contribution >= 4 is 22.3 Å². The van der Waals surface area contributed by atoms with E-state index < -0.39 is 0 Å². The molecule has 8 aliphatic rings. The molecule has 0 spiro atoms. The summed E-state index contributed by atoms with van der Waals surface area (Å²) in [5.41, 5.74) is 17.7. The van der Waals surface area contributed by atoms with E-state index in [1.165, 1.54) is 71.0 Å². The maximum absolute atomic E-state index is 2.49. The quantitative estimate of drug-likeness (QED) is 0.250. The first-order valence-electron chi connectivity index (χ1n) is 20.2. The van der Waals surface area contributed by atoms with E-state index in [0.29, 0.717) is 23.7 Å². The highest BCUT2D eigenvalue weighted by Gasteiger charge is 2.35. The topological polar surface area (TPSA) is 0 Å². The normalized spacial score (nSPS) is 25.7. The smallest absolute Gasteiger partial charge is 0.0134 e. The summed E-state index contributed by atoms with van der Waals surface area (Å²) >= 11 is 0. The molecule has 0 aromatic heterocycles. The van der Waals surface area contributed by atoms with E-state index in [9.17, 15) is 0 Å². The van der Waals surface area contributed by atoms with Gasteiger partial charge in [-0.3, -0.25) is 0 Å². The predicted octanol–water partition coefficient (Wildman–Crippen LogP) is 9.89. The molecule has 0 radical (unpaired) electrons. The highest BCUT2D eigenvalue weighted by atomic mass is 14.4. The minimum atomic E-state index is 0.329. The van der Waals surface area contributed by atoms with E-state index in [0.717, 1.165) is 38.5 Å². The highest BCUT2D eigenvalue weighted by molar-refractivity contribution is 5.98. The van der Waals surface area contributed by atoms with Crippen LogP contribution in [0, 0.1) is 23.7 Å². The minimum Gasteiger partial charge on any atom is -0.0767 e. The molecule has 3 aromatic carbocycles. The zero-order valence-electron chi connectivity index (χ0n) is 30.7. The largest absolute Gasteiger partial charge is 0.0767 e. The molecule has 0 heterocycles. The third-order valence-corrected chi connectivity index (χ3v) is 13.2. The number of fused-ring (bicyclic) bond motifs is 6. The Morgan fingerprint density at radius 1 is 0.407 bits per heavy atom. The highest BCUT2D eigenvalue weighted by Crippen LogP contribution is 2.45. The summed E-state index contributed by atoms with van der Waals surface area (Å²) in [5.74, 6) is 1.64. The van der Waals surface area contributed by atoms with Gasteiger partial charge in [-0.15, -0.1) is 0 Å². The molecule has 11 rings (SSSR count). The Labute approximate surface area is 318 Å². The van der Waals surface area contributed by atoms with Crippen LogP contribution in [0.25, 0.3) is 33.4 Å². The second-order valence-electron chi connectivity index (χ2n) is 16.0. The van der Waals surface area contributed by atoms with Crippen molar-refractivity contribution in [2.24, 2.45) is 23.7 Å². The van der Waals surface area contributed by atoms with E-state index in [1.54, 1.807) is 16.7 Å². The molecule has 0 aliphatic heterocycles. The molecular weight excluding hydrogens is 649 g/mol. The zero-order valence-corrected chi connectivity index (χ0v) is 30.7. The second-order valence-corrected chi connectivity index (χ2v) is 16.0. The van der Waals surface area contributed by atoms with Crippen molar-refractivity contribution in [2.75, 3.05) is 0 Å². The van der Waals surface area contributed by atoms with Crippen LogP contribution in [-0.2, 0) is 0 Å². The lowest BCUT2D eigenvalue weighted by Crippen LogP contribution is -2.43. The summed E-state index contributed by atoms with van der Waals surface area (Å²) in [6, 6.07) is 25.4. The van der Waals surface area contributed by atoms with Crippen molar-refractivity contribution in [3.05, 3.63) is 224 Å². The van der Waals surface area contributed by atoms with Crippen LogP contribution in [0.15, 0.2) is 198 Å². The number of allylic oxidation sites excluding steroid dienone is 22. The Balaban J connectivity index is 0.958. The molecule has 0 fully saturated rings. The third kappa shape index (κ3) is 5.11. The molecule has 54 heavy (non-hydrogen) atoms. The van der Waals surface area contributed by atoms with Crippen LogP contribution in [0.5, 0.6) is 0 Å². The van der Waals surface area contributed by atoms with Gasteiger partial charge in [0.1, 0.15) is 0 Å². The Hall–Kier alpha value is -5.72. The van der Waals surface area contributed by atoms with Crippen molar-refractivity contribution in [1.82, 2.24) is 0 Å². The first-order valence-corrected chi connectivity index (χ1v) is 20.2. The average molecular weight is 693 g/mol. The minimum absolute atomic E-state index is 0.329. The van der Waals surface area contributed by atoms with Crippen molar-refractivity contribution in [2.45, 2.75) is 38.5 Å². The third-order valence-electron chi connectivity index (χ3n) is 13.2. The standard InChI is InChI=1S/C54H44/c1-2-13-40-37(11-1)12-9-20-41(40)38-29-25-35(26-30-38)23-24-36-27-31-39(32-28-36)52-45-16-5-7-18-47(45)54(48-19-8-6-17-46(48)52)51-34-33-50-43-15-4-3-14-42(43)44-21-10-22-49(51)53(44)50/h1-25,27,29,31,37,40,45,47H,26,28,30,32-34H2. The van der Waals surface area contributed by atoms with Crippen molar-refractivity contribution in [3.8, 4) is 11.1 Å². The van der Waals surface area contributed by atoms with Crippen LogP contribution in [0.2, 0.25) is 0 Å². The zero-order chi connectivity index (χ0) is 35.6. The molecule has 0 heteroatoms. The van der Waals surface area contributed by atoms with Gasteiger partial charge in [0, 0.05) is 23.7 Å². The van der Waals surface area contributed by atoms with Crippen molar-refractivity contribution in [3.63, 3.8) is 0 Å². The van der Waals surface area contributed by atoms with Gasteiger partial charge in [0.05, 0.1) is 0 Å². The molecular formula is C54H44. The maximum Gasteiger partial charge on any atom is 0.0134 e. The molecule has 8 aliphatic carbocycles. The predicted molar refractivity (Wildman–Crippen MR) is 226 cm³/mol. The van der Waals surface area contributed by atoms with E-state index in [-0.39, 0.29) is 0 Å². The Morgan fingerprint density at radius 3 is 1.76 bits per heavy atom. The molecule has 0 saturated heterocycles. The fourth-order valence-corrected chi connectivity index (χ4v) is 10.7.